The number of hydrogen-bond donors (Lipinski definition) is 1. The van der Waals surface area contributed by atoms with Gasteiger partial charge in [0, 0.05) is 18.8 Å². The van der Waals surface area contributed by atoms with E-state index in [1.807, 2.05) is 29.4 Å². The van der Waals surface area contributed by atoms with Gasteiger partial charge in [-0.05, 0) is 25.1 Å². The van der Waals surface area contributed by atoms with E-state index in [0.29, 0.717) is 6.54 Å². The highest BCUT2D eigenvalue weighted by atomic mass is 15.0. The van der Waals surface area contributed by atoms with Gasteiger partial charge in [0.1, 0.15) is 0 Å². The minimum atomic E-state index is 0.639. The first-order valence-corrected chi connectivity index (χ1v) is 5.41. The molecule has 4 heteroatoms. The Morgan fingerprint density at radius 3 is 3.00 bits per heavy atom. The van der Waals surface area contributed by atoms with Crippen LogP contribution in [0.25, 0.3) is 0 Å². The van der Waals surface area contributed by atoms with Gasteiger partial charge in [-0.2, -0.15) is 0 Å². The summed E-state index contributed by atoms with van der Waals surface area (Å²) in [5, 5.41) is 0. The van der Waals surface area contributed by atoms with Crippen molar-refractivity contribution in [2.24, 2.45) is 5.73 Å². The van der Waals surface area contributed by atoms with Crippen LogP contribution in [0, 0.1) is 6.92 Å². The zero-order valence-electron chi connectivity index (χ0n) is 9.43. The lowest BCUT2D eigenvalue weighted by atomic mass is 10.2. The maximum absolute atomic E-state index is 5.48. The van der Waals surface area contributed by atoms with Gasteiger partial charge in [-0.15, -0.1) is 0 Å². The van der Waals surface area contributed by atoms with Gasteiger partial charge in [0.2, 0.25) is 0 Å². The number of nitrogens with zero attached hydrogens (tertiary/aromatic N) is 3. The summed E-state index contributed by atoms with van der Waals surface area (Å²) in [6.45, 7) is 3.48. The molecule has 0 aliphatic carbocycles. The van der Waals surface area contributed by atoms with Crippen LogP contribution in [0.4, 0.5) is 0 Å². The van der Waals surface area contributed by atoms with Crippen LogP contribution in [0.1, 0.15) is 17.0 Å². The van der Waals surface area contributed by atoms with E-state index in [4.69, 9.17) is 5.73 Å². The lowest BCUT2D eigenvalue weighted by molar-refractivity contribution is 0.765. The summed E-state index contributed by atoms with van der Waals surface area (Å²) in [7, 11) is 0. The normalized spacial score (nSPS) is 10.6. The van der Waals surface area contributed by atoms with Crippen molar-refractivity contribution in [3.8, 4) is 0 Å². The molecule has 0 bridgehead atoms. The molecule has 0 aliphatic rings. The molecule has 0 aromatic carbocycles. The first-order valence-electron chi connectivity index (χ1n) is 5.41. The molecule has 0 spiro atoms. The summed E-state index contributed by atoms with van der Waals surface area (Å²) in [6, 6.07) is 4.02. The van der Waals surface area contributed by atoms with Crippen molar-refractivity contribution < 1.29 is 0 Å². The molecule has 2 aromatic heterocycles. The minimum Gasteiger partial charge on any atom is -0.331 e. The lowest BCUT2D eigenvalue weighted by Gasteiger charge is -2.04. The van der Waals surface area contributed by atoms with Crippen molar-refractivity contribution in [3.05, 3.63) is 47.8 Å². The molecule has 0 fully saturated rings. The molecule has 84 valence electrons. The monoisotopic (exact) mass is 216 g/mol. The fraction of sp³-hybridized carbons (Fsp3) is 0.333. The highest BCUT2D eigenvalue weighted by Crippen LogP contribution is 2.06. The van der Waals surface area contributed by atoms with Gasteiger partial charge in [0.15, 0.2) is 0 Å². The molecule has 2 aromatic rings. The minimum absolute atomic E-state index is 0.639. The number of hydrogen-bond acceptors (Lipinski definition) is 3. The van der Waals surface area contributed by atoms with Crippen molar-refractivity contribution >= 4 is 0 Å². The molecule has 0 radical (unpaired) electrons. The predicted molar refractivity (Wildman–Crippen MR) is 63.1 cm³/mol. The third kappa shape index (κ3) is 2.46. The van der Waals surface area contributed by atoms with E-state index in [2.05, 4.69) is 23.0 Å². The Hall–Kier alpha value is -1.68. The molecule has 0 unspecified atom stereocenters. The van der Waals surface area contributed by atoms with Crippen LogP contribution in [0.15, 0.2) is 30.9 Å². The van der Waals surface area contributed by atoms with Gasteiger partial charge in [0.05, 0.1) is 24.3 Å². The van der Waals surface area contributed by atoms with Crippen LogP contribution in [0.5, 0.6) is 0 Å². The summed E-state index contributed by atoms with van der Waals surface area (Å²) in [5.41, 5.74) is 8.81. The number of rotatable bonds is 4. The van der Waals surface area contributed by atoms with Gasteiger partial charge in [-0.1, -0.05) is 6.07 Å². The van der Waals surface area contributed by atoms with Gasteiger partial charge in [-0.3, -0.25) is 4.98 Å². The van der Waals surface area contributed by atoms with Crippen LogP contribution in [-0.4, -0.2) is 21.1 Å². The number of nitrogens with two attached hydrogens (primary N) is 1. The van der Waals surface area contributed by atoms with Crippen LogP contribution >= 0.6 is 0 Å². The molecule has 0 aliphatic heterocycles. The first-order chi connectivity index (χ1) is 7.79. The molecule has 16 heavy (non-hydrogen) atoms. The molecule has 2 N–H and O–H groups in total. The first kappa shape index (κ1) is 10.8. The Labute approximate surface area is 95.1 Å². The summed E-state index contributed by atoms with van der Waals surface area (Å²) in [6.07, 6.45) is 6.51. The number of pyridine rings is 1. The van der Waals surface area contributed by atoms with E-state index in [0.717, 1.165) is 24.4 Å². The van der Waals surface area contributed by atoms with E-state index in [1.165, 1.54) is 5.56 Å². The predicted octanol–water partition coefficient (Wildman–Crippen LogP) is 1.14. The molecule has 0 atom stereocenters. The zero-order chi connectivity index (χ0) is 11.4. The smallest absolute Gasteiger partial charge is 0.0953 e. The number of imidazole rings is 1. The largest absolute Gasteiger partial charge is 0.331 e. The second kappa shape index (κ2) is 4.90. The zero-order valence-corrected chi connectivity index (χ0v) is 9.43. The lowest BCUT2D eigenvalue weighted by Crippen LogP contribution is -2.03. The Morgan fingerprint density at radius 2 is 2.25 bits per heavy atom. The SMILES string of the molecule is Cc1cccnc1Cn1cnc(CCN)c1. The maximum Gasteiger partial charge on any atom is 0.0953 e. The van der Waals surface area contributed by atoms with Crippen LogP contribution in [0.3, 0.4) is 0 Å². The van der Waals surface area contributed by atoms with Crippen molar-refractivity contribution in [1.29, 1.82) is 0 Å². The Balaban J connectivity index is 2.11. The quantitative estimate of drug-likeness (QED) is 0.833. The highest BCUT2D eigenvalue weighted by molar-refractivity contribution is 5.18. The number of aromatic nitrogens is 3. The molecule has 0 saturated heterocycles. The standard InChI is InChI=1S/C12H16N4/c1-10-3-2-6-14-12(10)8-16-7-11(4-5-13)15-9-16/h2-3,6-7,9H,4-5,8,13H2,1H3. The average Bonchev–Trinajstić information content (AvgIpc) is 2.70. The van der Waals surface area contributed by atoms with E-state index >= 15 is 0 Å². The molecule has 2 rings (SSSR count). The third-order valence-electron chi connectivity index (χ3n) is 2.54. The topological polar surface area (TPSA) is 56.7 Å². The summed E-state index contributed by atoms with van der Waals surface area (Å²) >= 11 is 0. The summed E-state index contributed by atoms with van der Waals surface area (Å²) in [5.74, 6) is 0. The van der Waals surface area contributed by atoms with Crippen molar-refractivity contribution in [3.63, 3.8) is 0 Å². The fourth-order valence-corrected chi connectivity index (χ4v) is 1.63. The van der Waals surface area contributed by atoms with Crippen LogP contribution in [-0.2, 0) is 13.0 Å². The Morgan fingerprint density at radius 1 is 1.38 bits per heavy atom. The third-order valence-corrected chi connectivity index (χ3v) is 2.54. The molecule has 0 saturated carbocycles. The molecule has 2 heterocycles. The van der Waals surface area contributed by atoms with Crippen molar-refractivity contribution in [1.82, 2.24) is 14.5 Å². The Bertz CT molecular complexity index is 462. The van der Waals surface area contributed by atoms with E-state index in [-0.39, 0.29) is 0 Å². The van der Waals surface area contributed by atoms with E-state index < -0.39 is 0 Å². The Kier molecular flexibility index (Phi) is 3.31. The van der Waals surface area contributed by atoms with E-state index in [1.54, 1.807) is 0 Å². The van der Waals surface area contributed by atoms with Gasteiger partial charge < -0.3 is 10.3 Å². The second-order valence-corrected chi connectivity index (χ2v) is 3.84. The second-order valence-electron chi connectivity index (χ2n) is 3.84. The molecule has 4 nitrogen and oxygen atoms in total. The van der Waals surface area contributed by atoms with Crippen molar-refractivity contribution in [2.75, 3.05) is 6.54 Å². The molecule has 0 amide bonds. The average molecular weight is 216 g/mol. The van der Waals surface area contributed by atoms with Crippen LogP contribution < -0.4 is 5.73 Å². The van der Waals surface area contributed by atoms with E-state index in [9.17, 15) is 0 Å². The van der Waals surface area contributed by atoms with Gasteiger partial charge in [0.25, 0.3) is 0 Å². The van der Waals surface area contributed by atoms with Gasteiger partial charge >= 0.3 is 0 Å². The summed E-state index contributed by atoms with van der Waals surface area (Å²) < 4.78 is 2.04. The highest BCUT2D eigenvalue weighted by Gasteiger charge is 2.02. The van der Waals surface area contributed by atoms with Gasteiger partial charge in [-0.25, -0.2) is 4.98 Å². The van der Waals surface area contributed by atoms with Crippen LogP contribution in [0.2, 0.25) is 0 Å². The molecular formula is C12H16N4. The fourth-order valence-electron chi connectivity index (χ4n) is 1.63. The number of aryl methyl sites for hydroxylation is 1. The van der Waals surface area contributed by atoms with Crippen molar-refractivity contribution in [2.45, 2.75) is 19.9 Å². The molecular weight excluding hydrogens is 200 g/mol. The summed E-state index contributed by atoms with van der Waals surface area (Å²) in [4.78, 5) is 8.64. The maximum atomic E-state index is 5.48.